The van der Waals surface area contributed by atoms with Crippen molar-refractivity contribution in [2.75, 3.05) is 11.9 Å². The van der Waals surface area contributed by atoms with Gasteiger partial charge in [-0.3, -0.25) is 0 Å². The lowest BCUT2D eigenvalue weighted by Crippen LogP contribution is -2.47. The lowest BCUT2D eigenvalue weighted by Gasteiger charge is -2.39. The summed E-state index contributed by atoms with van der Waals surface area (Å²) in [5.41, 5.74) is 2.49. The molecule has 3 rings (SSSR count). The van der Waals surface area contributed by atoms with E-state index in [2.05, 4.69) is 16.4 Å². The normalized spacial score (nSPS) is 29.3. The van der Waals surface area contributed by atoms with E-state index in [1.54, 1.807) is 0 Å². The molecule has 1 N–H and O–H groups in total. The van der Waals surface area contributed by atoms with Crippen molar-refractivity contribution in [3.8, 4) is 6.07 Å². The van der Waals surface area contributed by atoms with Crippen LogP contribution in [0.4, 0.5) is 5.82 Å². The molecule has 0 aromatic carbocycles. The quantitative estimate of drug-likeness (QED) is 0.864. The van der Waals surface area contributed by atoms with Gasteiger partial charge < -0.3 is 10.1 Å². The van der Waals surface area contributed by atoms with Gasteiger partial charge in [0.05, 0.1) is 17.4 Å². The Hall–Kier alpha value is -1.60. The van der Waals surface area contributed by atoms with Crippen LogP contribution in [0.1, 0.15) is 29.7 Å². The molecule has 0 radical (unpaired) electrons. The number of nitrogens with one attached hydrogen (secondary N) is 1. The minimum Gasteiger partial charge on any atom is -0.378 e. The summed E-state index contributed by atoms with van der Waals surface area (Å²) in [6, 6.07) is 4.65. The predicted octanol–water partition coefficient (Wildman–Crippen LogP) is 2.16. The molecule has 1 saturated heterocycles. The second kappa shape index (κ2) is 4.25. The number of aromatic nitrogens is 1. The minimum absolute atomic E-state index is 0.461. The topological polar surface area (TPSA) is 57.9 Å². The number of anilines is 1. The molecular formula is C14H17N3O. The first-order valence-electron chi connectivity index (χ1n) is 6.45. The fourth-order valence-electron chi connectivity index (χ4n) is 3.03. The van der Waals surface area contributed by atoms with E-state index in [1.807, 2.05) is 19.9 Å². The molecule has 18 heavy (non-hydrogen) atoms. The third-order valence-electron chi connectivity index (χ3n) is 4.11. The van der Waals surface area contributed by atoms with Gasteiger partial charge in [0, 0.05) is 18.6 Å². The Labute approximate surface area is 107 Å². The Morgan fingerprint density at radius 1 is 1.50 bits per heavy atom. The molecule has 1 saturated carbocycles. The molecule has 4 heteroatoms. The number of fused-ring (bicyclic) bond motifs is 1. The lowest BCUT2D eigenvalue weighted by molar-refractivity contribution is 0.0246. The fraction of sp³-hybridized carbons (Fsp3) is 0.571. The summed E-state index contributed by atoms with van der Waals surface area (Å²) >= 11 is 0. The monoisotopic (exact) mass is 243 g/mol. The highest BCUT2D eigenvalue weighted by Crippen LogP contribution is 2.40. The van der Waals surface area contributed by atoms with Crippen LogP contribution in [-0.2, 0) is 4.74 Å². The van der Waals surface area contributed by atoms with Crippen LogP contribution in [0, 0.1) is 31.1 Å². The van der Waals surface area contributed by atoms with Crippen LogP contribution in [0.2, 0.25) is 0 Å². The molecule has 2 fully saturated rings. The molecule has 2 aliphatic rings. The number of rotatable bonds is 2. The zero-order valence-electron chi connectivity index (χ0n) is 10.7. The van der Waals surface area contributed by atoms with E-state index < -0.39 is 0 Å². The number of nitriles is 1. The maximum absolute atomic E-state index is 9.03. The van der Waals surface area contributed by atoms with Crippen LogP contribution >= 0.6 is 0 Å². The van der Waals surface area contributed by atoms with Crippen LogP contribution in [0.15, 0.2) is 6.07 Å². The molecule has 1 aliphatic carbocycles. The second-order valence-corrected chi connectivity index (χ2v) is 5.24. The van der Waals surface area contributed by atoms with Gasteiger partial charge >= 0.3 is 0 Å². The third-order valence-corrected chi connectivity index (χ3v) is 4.11. The molecule has 0 unspecified atom stereocenters. The van der Waals surface area contributed by atoms with Gasteiger partial charge in [0.1, 0.15) is 11.9 Å². The Morgan fingerprint density at radius 3 is 3.00 bits per heavy atom. The minimum atomic E-state index is 0.461. The molecule has 3 atom stereocenters. The Balaban J connectivity index is 1.76. The van der Waals surface area contributed by atoms with Gasteiger partial charge in [-0.1, -0.05) is 0 Å². The predicted molar refractivity (Wildman–Crippen MR) is 68.3 cm³/mol. The van der Waals surface area contributed by atoms with E-state index in [1.165, 1.54) is 0 Å². The average molecular weight is 243 g/mol. The molecule has 0 spiro atoms. The summed E-state index contributed by atoms with van der Waals surface area (Å²) < 4.78 is 5.60. The summed E-state index contributed by atoms with van der Waals surface area (Å²) in [6.07, 6.45) is 2.68. The van der Waals surface area contributed by atoms with Gasteiger partial charge in [-0.2, -0.15) is 5.26 Å². The van der Waals surface area contributed by atoms with Gasteiger partial charge in [-0.25, -0.2) is 4.98 Å². The molecule has 0 bridgehead atoms. The largest absolute Gasteiger partial charge is 0.378 e. The van der Waals surface area contributed by atoms with Crippen molar-refractivity contribution in [1.82, 2.24) is 4.98 Å². The second-order valence-electron chi connectivity index (χ2n) is 5.24. The number of ether oxygens (including phenoxy) is 1. The SMILES string of the molecule is Cc1cc(N[C@@H]2C[C@@H]3OCC[C@@H]32)nc(C)c1C#N. The zero-order chi connectivity index (χ0) is 12.7. The van der Waals surface area contributed by atoms with E-state index in [0.29, 0.717) is 23.6 Å². The standard InChI is InChI=1S/C14H17N3O/c1-8-5-14(16-9(2)11(8)7-15)17-12-6-13-10(12)3-4-18-13/h5,10,12-13H,3-4,6H2,1-2H3,(H,16,17)/t10-,12-,13+/m1/s1. The summed E-state index contributed by atoms with van der Waals surface area (Å²) in [6.45, 7) is 4.74. The molecule has 2 heterocycles. The molecule has 1 aromatic rings. The van der Waals surface area contributed by atoms with E-state index in [4.69, 9.17) is 10.00 Å². The fourth-order valence-corrected chi connectivity index (χ4v) is 3.03. The van der Waals surface area contributed by atoms with Gasteiger partial charge in [-0.15, -0.1) is 0 Å². The van der Waals surface area contributed by atoms with Gasteiger partial charge in [-0.05, 0) is 38.3 Å². The first-order valence-corrected chi connectivity index (χ1v) is 6.45. The van der Waals surface area contributed by atoms with Crippen LogP contribution in [0.3, 0.4) is 0 Å². The van der Waals surface area contributed by atoms with Crippen molar-refractivity contribution < 1.29 is 4.74 Å². The van der Waals surface area contributed by atoms with Crippen molar-refractivity contribution in [1.29, 1.82) is 5.26 Å². The zero-order valence-corrected chi connectivity index (χ0v) is 10.7. The van der Waals surface area contributed by atoms with Gasteiger partial charge in [0.15, 0.2) is 0 Å². The first-order chi connectivity index (χ1) is 8.69. The van der Waals surface area contributed by atoms with Gasteiger partial charge in [0.25, 0.3) is 0 Å². The smallest absolute Gasteiger partial charge is 0.126 e. The van der Waals surface area contributed by atoms with E-state index in [0.717, 1.165) is 36.5 Å². The van der Waals surface area contributed by atoms with E-state index in [9.17, 15) is 0 Å². The average Bonchev–Trinajstić information content (AvgIpc) is 2.67. The maximum Gasteiger partial charge on any atom is 0.126 e. The van der Waals surface area contributed by atoms with Crippen LogP contribution in [0.5, 0.6) is 0 Å². The lowest BCUT2D eigenvalue weighted by atomic mass is 9.76. The Morgan fingerprint density at radius 2 is 2.33 bits per heavy atom. The van der Waals surface area contributed by atoms with E-state index >= 15 is 0 Å². The maximum atomic E-state index is 9.03. The van der Waals surface area contributed by atoms with Crippen LogP contribution in [0.25, 0.3) is 0 Å². The van der Waals surface area contributed by atoms with Crippen molar-refractivity contribution in [3.63, 3.8) is 0 Å². The molecule has 1 aliphatic heterocycles. The van der Waals surface area contributed by atoms with Crippen molar-refractivity contribution in [2.45, 2.75) is 38.8 Å². The number of pyridine rings is 1. The highest BCUT2D eigenvalue weighted by molar-refractivity contribution is 5.49. The summed E-state index contributed by atoms with van der Waals surface area (Å²) in [5.74, 6) is 1.53. The summed E-state index contributed by atoms with van der Waals surface area (Å²) in [7, 11) is 0. The number of aryl methyl sites for hydroxylation is 2. The van der Waals surface area contributed by atoms with Crippen LogP contribution in [-0.4, -0.2) is 23.7 Å². The number of nitrogens with zero attached hydrogens (tertiary/aromatic N) is 2. The summed E-state index contributed by atoms with van der Waals surface area (Å²) in [5, 5.41) is 12.5. The van der Waals surface area contributed by atoms with Gasteiger partial charge in [0.2, 0.25) is 0 Å². The van der Waals surface area contributed by atoms with E-state index in [-0.39, 0.29) is 0 Å². The molecular weight excluding hydrogens is 226 g/mol. The van der Waals surface area contributed by atoms with Crippen molar-refractivity contribution >= 4 is 5.82 Å². The summed E-state index contributed by atoms with van der Waals surface area (Å²) in [4.78, 5) is 4.47. The highest BCUT2D eigenvalue weighted by Gasteiger charge is 2.45. The Kier molecular flexibility index (Phi) is 2.71. The first kappa shape index (κ1) is 11.5. The number of hydrogen-bond donors (Lipinski definition) is 1. The number of hydrogen-bond acceptors (Lipinski definition) is 4. The van der Waals surface area contributed by atoms with Crippen LogP contribution < -0.4 is 5.32 Å². The molecule has 1 aromatic heterocycles. The molecule has 4 nitrogen and oxygen atoms in total. The third kappa shape index (κ3) is 1.75. The van der Waals surface area contributed by atoms with Crippen molar-refractivity contribution in [3.05, 3.63) is 22.9 Å². The van der Waals surface area contributed by atoms with Crippen molar-refractivity contribution in [2.24, 2.45) is 5.92 Å². The Bertz CT molecular complexity index is 497. The molecule has 0 amide bonds. The molecule has 94 valence electrons. The highest BCUT2D eigenvalue weighted by atomic mass is 16.5.